The third-order valence-electron chi connectivity index (χ3n) is 4.58. The number of nitrogens with one attached hydrogen (secondary N) is 2. The molecule has 4 rings (SSSR count). The van der Waals surface area contributed by atoms with Gasteiger partial charge in [-0.1, -0.05) is 27.5 Å². The van der Waals surface area contributed by atoms with E-state index in [2.05, 4.69) is 31.2 Å². The Morgan fingerprint density at radius 3 is 2.80 bits per heavy atom. The van der Waals surface area contributed by atoms with Crippen molar-refractivity contribution in [2.75, 3.05) is 26.0 Å². The van der Waals surface area contributed by atoms with E-state index in [1.807, 2.05) is 31.1 Å². The molecule has 0 bridgehead atoms. The SMILES string of the molecule is CN(C)CCC(=O)Nc1ccc(-c2nc3c(oc4ccc(Br)cc43)c(=O)[nH]2)c(Cl)c1. The maximum absolute atomic E-state index is 12.6. The minimum atomic E-state index is -0.389. The monoisotopic (exact) mass is 488 g/mol. The largest absolute Gasteiger partial charge is 0.449 e. The Balaban J connectivity index is 1.70. The minimum Gasteiger partial charge on any atom is -0.449 e. The van der Waals surface area contributed by atoms with Crippen LogP contribution in [0.1, 0.15) is 6.42 Å². The Morgan fingerprint density at radius 2 is 2.07 bits per heavy atom. The molecule has 0 saturated heterocycles. The van der Waals surface area contributed by atoms with Gasteiger partial charge in [-0.2, -0.15) is 0 Å². The van der Waals surface area contributed by atoms with Crippen molar-refractivity contribution in [3.63, 3.8) is 0 Å². The lowest BCUT2D eigenvalue weighted by Crippen LogP contribution is -2.20. The van der Waals surface area contributed by atoms with Gasteiger partial charge in [-0.05, 0) is 50.5 Å². The van der Waals surface area contributed by atoms with E-state index >= 15 is 0 Å². The Labute approximate surface area is 185 Å². The fourth-order valence-corrected chi connectivity index (χ4v) is 3.72. The summed E-state index contributed by atoms with van der Waals surface area (Å²) in [5, 5.41) is 3.91. The summed E-state index contributed by atoms with van der Waals surface area (Å²) in [6, 6.07) is 10.5. The van der Waals surface area contributed by atoms with Gasteiger partial charge in [0.25, 0.3) is 5.56 Å². The molecule has 2 heterocycles. The molecule has 0 atom stereocenters. The van der Waals surface area contributed by atoms with Crippen molar-refractivity contribution >= 4 is 61.2 Å². The minimum absolute atomic E-state index is 0.101. The van der Waals surface area contributed by atoms with Gasteiger partial charge in [0, 0.05) is 34.1 Å². The van der Waals surface area contributed by atoms with Crippen LogP contribution in [0.15, 0.2) is 50.1 Å². The van der Waals surface area contributed by atoms with Gasteiger partial charge in [-0.3, -0.25) is 9.59 Å². The van der Waals surface area contributed by atoms with Crippen LogP contribution in [0.2, 0.25) is 5.02 Å². The first-order valence-corrected chi connectivity index (χ1v) is 10.4. The van der Waals surface area contributed by atoms with Crippen LogP contribution in [0.3, 0.4) is 0 Å². The summed E-state index contributed by atoms with van der Waals surface area (Å²) in [7, 11) is 3.82. The third kappa shape index (κ3) is 4.12. The summed E-state index contributed by atoms with van der Waals surface area (Å²) in [5.41, 5.74) is 1.93. The highest BCUT2D eigenvalue weighted by Gasteiger charge is 2.16. The summed E-state index contributed by atoms with van der Waals surface area (Å²) in [6.45, 7) is 0.650. The number of fused-ring (bicyclic) bond motifs is 3. The Morgan fingerprint density at radius 1 is 1.27 bits per heavy atom. The van der Waals surface area contributed by atoms with E-state index in [0.717, 1.165) is 9.86 Å². The van der Waals surface area contributed by atoms with E-state index < -0.39 is 0 Å². The van der Waals surface area contributed by atoms with Gasteiger partial charge in [-0.15, -0.1) is 0 Å². The van der Waals surface area contributed by atoms with E-state index in [4.69, 9.17) is 16.0 Å². The molecule has 2 aromatic heterocycles. The second-order valence-electron chi connectivity index (χ2n) is 7.13. The van der Waals surface area contributed by atoms with Crippen LogP contribution in [0.5, 0.6) is 0 Å². The normalized spacial score (nSPS) is 11.5. The highest BCUT2D eigenvalue weighted by molar-refractivity contribution is 9.10. The van der Waals surface area contributed by atoms with E-state index in [1.54, 1.807) is 24.3 Å². The number of nitrogens with zero attached hydrogens (tertiary/aromatic N) is 2. The molecule has 1 amide bonds. The van der Waals surface area contributed by atoms with Crippen molar-refractivity contribution < 1.29 is 9.21 Å². The first-order chi connectivity index (χ1) is 14.3. The van der Waals surface area contributed by atoms with Crippen molar-refractivity contribution in [1.29, 1.82) is 0 Å². The average molecular weight is 490 g/mol. The number of halogens is 2. The van der Waals surface area contributed by atoms with E-state index in [9.17, 15) is 9.59 Å². The van der Waals surface area contributed by atoms with E-state index in [0.29, 0.717) is 46.2 Å². The molecule has 0 spiro atoms. The second kappa shape index (κ2) is 8.22. The number of furan rings is 1. The zero-order valence-electron chi connectivity index (χ0n) is 16.3. The molecule has 7 nitrogen and oxygen atoms in total. The summed E-state index contributed by atoms with van der Waals surface area (Å²) in [6.07, 6.45) is 0.376. The first kappa shape index (κ1) is 20.6. The zero-order chi connectivity index (χ0) is 21.4. The fourth-order valence-electron chi connectivity index (χ4n) is 3.09. The number of hydrogen-bond donors (Lipinski definition) is 2. The number of carbonyl (C=O) groups is 1. The number of anilines is 1. The van der Waals surface area contributed by atoms with Gasteiger partial charge in [0.2, 0.25) is 11.5 Å². The number of aromatic nitrogens is 2. The van der Waals surface area contributed by atoms with Gasteiger partial charge in [0.15, 0.2) is 0 Å². The first-order valence-electron chi connectivity index (χ1n) is 9.18. The molecule has 30 heavy (non-hydrogen) atoms. The lowest BCUT2D eigenvalue weighted by atomic mass is 10.1. The summed E-state index contributed by atoms with van der Waals surface area (Å²) < 4.78 is 6.51. The maximum Gasteiger partial charge on any atom is 0.294 e. The van der Waals surface area contributed by atoms with E-state index in [1.165, 1.54) is 0 Å². The van der Waals surface area contributed by atoms with Gasteiger partial charge in [-0.25, -0.2) is 4.98 Å². The number of aromatic amines is 1. The van der Waals surface area contributed by atoms with Crippen molar-refractivity contribution in [1.82, 2.24) is 14.9 Å². The topological polar surface area (TPSA) is 91.2 Å². The van der Waals surface area contributed by atoms with Gasteiger partial charge >= 0.3 is 0 Å². The number of hydrogen-bond acceptors (Lipinski definition) is 5. The van der Waals surface area contributed by atoms with Crippen molar-refractivity contribution in [2.45, 2.75) is 6.42 Å². The molecule has 2 N–H and O–H groups in total. The van der Waals surface area contributed by atoms with Crippen LogP contribution in [0, 0.1) is 0 Å². The molecule has 0 aliphatic rings. The van der Waals surface area contributed by atoms with Crippen LogP contribution in [0.4, 0.5) is 5.69 Å². The fraction of sp³-hybridized carbons (Fsp3) is 0.190. The molecule has 9 heteroatoms. The molecule has 0 fully saturated rings. The standard InChI is InChI=1S/C21H18BrClN4O3/c1-27(2)8-7-17(28)24-12-4-5-13(15(23)10-12)20-25-18-14-9-11(22)3-6-16(14)30-19(18)21(29)26-20/h3-6,9-10H,7-8H2,1-2H3,(H,24,28)(H,25,26,29). The average Bonchev–Trinajstić information content (AvgIpc) is 3.05. The number of rotatable bonds is 5. The van der Waals surface area contributed by atoms with Crippen LogP contribution < -0.4 is 10.9 Å². The van der Waals surface area contributed by atoms with Crippen molar-refractivity contribution in [3.05, 3.63) is 56.2 Å². The summed E-state index contributed by atoms with van der Waals surface area (Å²) >= 11 is 9.87. The lowest BCUT2D eigenvalue weighted by molar-refractivity contribution is -0.116. The number of amides is 1. The van der Waals surface area contributed by atoms with Crippen molar-refractivity contribution in [2.24, 2.45) is 0 Å². The highest BCUT2D eigenvalue weighted by Crippen LogP contribution is 2.32. The molecule has 0 saturated carbocycles. The molecular formula is C21H18BrClN4O3. The van der Waals surface area contributed by atoms with Gasteiger partial charge < -0.3 is 19.6 Å². The van der Waals surface area contributed by atoms with Crippen molar-refractivity contribution in [3.8, 4) is 11.4 Å². The Kier molecular flexibility index (Phi) is 5.64. The number of carbonyl (C=O) groups excluding carboxylic acids is 1. The van der Waals surface area contributed by atoms with Crippen LogP contribution in [-0.4, -0.2) is 41.4 Å². The summed E-state index contributed by atoms with van der Waals surface area (Å²) in [4.78, 5) is 33.9. The second-order valence-corrected chi connectivity index (χ2v) is 8.45. The number of benzene rings is 2. The highest BCUT2D eigenvalue weighted by atomic mass is 79.9. The Hall–Kier alpha value is -2.68. The smallest absolute Gasteiger partial charge is 0.294 e. The van der Waals surface area contributed by atoms with Crippen LogP contribution in [0.25, 0.3) is 33.5 Å². The van der Waals surface area contributed by atoms with Gasteiger partial charge in [0.05, 0.1) is 5.02 Å². The molecular weight excluding hydrogens is 472 g/mol. The van der Waals surface area contributed by atoms with Crippen LogP contribution in [-0.2, 0) is 4.79 Å². The number of H-pyrrole nitrogens is 1. The molecule has 0 aliphatic carbocycles. The molecule has 4 aromatic rings. The summed E-state index contributed by atoms with van der Waals surface area (Å²) in [5.74, 6) is 0.224. The quantitative estimate of drug-likeness (QED) is 0.426. The maximum atomic E-state index is 12.6. The molecule has 2 aromatic carbocycles. The van der Waals surface area contributed by atoms with Crippen LogP contribution >= 0.6 is 27.5 Å². The van der Waals surface area contributed by atoms with E-state index in [-0.39, 0.29) is 17.0 Å². The molecule has 0 aliphatic heterocycles. The molecule has 0 radical (unpaired) electrons. The third-order valence-corrected chi connectivity index (χ3v) is 5.39. The molecule has 0 unspecified atom stereocenters. The predicted octanol–water partition coefficient (Wildman–Crippen LogP) is 4.64. The predicted molar refractivity (Wildman–Crippen MR) is 122 cm³/mol. The zero-order valence-corrected chi connectivity index (χ0v) is 18.6. The Bertz CT molecular complexity index is 1330. The van der Waals surface area contributed by atoms with Gasteiger partial charge in [0.1, 0.15) is 16.9 Å². The lowest BCUT2D eigenvalue weighted by Gasteiger charge is -2.11. The molecule has 154 valence electrons.